The molecular formula is C105H80Ir3N3O12-3. The van der Waals surface area contributed by atoms with Gasteiger partial charge < -0.3 is 56.8 Å². The molecular weight excluding hydrogens is 2070 g/mol. The molecule has 3 radical (unpaired) electrons. The molecule has 9 aromatic heterocycles. The molecule has 0 saturated heterocycles. The summed E-state index contributed by atoms with van der Waals surface area (Å²) in [6.45, 7) is 14.9. The fourth-order valence-corrected chi connectivity index (χ4v) is 14.8. The molecule has 18 heteroatoms. The van der Waals surface area contributed by atoms with Crippen molar-refractivity contribution in [1.29, 1.82) is 0 Å². The van der Waals surface area contributed by atoms with E-state index in [0.29, 0.717) is 0 Å². The zero-order chi connectivity index (χ0) is 83.7. The molecule has 0 atom stereocenters. The van der Waals surface area contributed by atoms with Crippen LogP contribution in [0, 0.1) is 39.0 Å². The number of hydrogen-bond acceptors (Lipinski definition) is 15. The van der Waals surface area contributed by atoms with E-state index in [9.17, 15) is 14.4 Å². The monoisotopic (exact) mass is 2150 g/mol. The zero-order valence-corrected chi connectivity index (χ0v) is 75.4. The maximum atomic E-state index is 10.0. The number of nitrogens with zero attached hydrogens (tertiary/aromatic N) is 3. The van der Waals surface area contributed by atoms with Crippen LogP contribution in [-0.4, -0.2) is 47.6 Å². The summed E-state index contributed by atoms with van der Waals surface area (Å²) in [4.78, 5) is 44.2. The molecule has 0 fully saturated rings. The number of allylic oxidation sites excluding steroid dienone is 6. The van der Waals surface area contributed by atoms with Crippen LogP contribution >= 0.6 is 0 Å². The quantitative estimate of drug-likeness (QED) is 0.0621. The number of aryl methyl sites for hydroxylation is 3. The van der Waals surface area contributed by atoms with Crippen molar-refractivity contribution in [2.24, 2.45) is 0 Å². The Hall–Kier alpha value is -13.5. The Labute approximate surface area is 749 Å². The van der Waals surface area contributed by atoms with E-state index in [4.69, 9.17) is 51.8 Å². The molecule has 3 N–H and O–H groups in total. The van der Waals surface area contributed by atoms with E-state index in [2.05, 4.69) is 159 Å². The molecule has 0 bridgehead atoms. The average Bonchev–Trinajstić information content (AvgIpc) is 1.60. The van der Waals surface area contributed by atoms with E-state index in [-0.39, 0.29) is 94.9 Å². The van der Waals surface area contributed by atoms with Gasteiger partial charge in [-0.1, -0.05) is 239 Å². The molecule has 0 spiro atoms. The van der Waals surface area contributed by atoms with E-state index in [1.54, 1.807) is 18.6 Å². The average molecular weight is 2150 g/mol. The van der Waals surface area contributed by atoms with Crippen LogP contribution in [0.1, 0.15) is 58.2 Å². The predicted molar refractivity (Wildman–Crippen MR) is 479 cm³/mol. The van der Waals surface area contributed by atoms with Gasteiger partial charge in [0, 0.05) is 139 Å². The number of para-hydroxylation sites is 3. The molecule has 0 amide bonds. The van der Waals surface area contributed by atoms with Crippen molar-refractivity contribution < 1.29 is 117 Å². The van der Waals surface area contributed by atoms with Gasteiger partial charge in [0.2, 0.25) is 0 Å². The van der Waals surface area contributed by atoms with Crippen molar-refractivity contribution in [2.75, 3.05) is 0 Å². The van der Waals surface area contributed by atoms with Crippen LogP contribution in [0.15, 0.2) is 348 Å². The Kier molecular flexibility index (Phi) is 28.7. The first kappa shape index (κ1) is 88.7. The fraction of sp³-hybridized carbons (Fsp3) is 0.0857. The largest absolute Gasteiger partial charge is 0.512 e. The summed E-state index contributed by atoms with van der Waals surface area (Å²) in [5.74, 6) is 2.35. The number of carbonyl (C=O) groups is 3. The molecule has 11 aromatic carbocycles. The van der Waals surface area contributed by atoms with Crippen molar-refractivity contribution in [1.82, 2.24) is 15.0 Å². The number of rotatable bonds is 11. The summed E-state index contributed by atoms with van der Waals surface area (Å²) in [6.07, 6.45) is 8.88. The van der Waals surface area contributed by atoms with Gasteiger partial charge in [0.05, 0.1) is 52.6 Å². The van der Waals surface area contributed by atoms with Gasteiger partial charge in [0.25, 0.3) is 0 Å². The second-order valence-corrected chi connectivity index (χ2v) is 28.9. The number of furan rings is 6. The number of carbonyl (C=O) groups excluding carboxylic acids is 3. The van der Waals surface area contributed by atoms with Crippen molar-refractivity contribution in [3.05, 3.63) is 356 Å². The first-order valence-electron chi connectivity index (χ1n) is 38.8. The van der Waals surface area contributed by atoms with Crippen LogP contribution in [-0.2, 0) is 74.7 Å². The van der Waals surface area contributed by atoms with Gasteiger partial charge in [-0.25, -0.2) is 0 Å². The van der Waals surface area contributed by atoms with Gasteiger partial charge in [-0.3, -0.25) is 14.4 Å². The van der Waals surface area contributed by atoms with Gasteiger partial charge in [-0.05, 0) is 131 Å². The van der Waals surface area contributed by atoms with E-state index in [1.165, 1.54) is 82.0 Å². The minimum absolute atomic E-state index is 0. The molecule has 0 aliphatic carbocycles. The second-order valence-electron chi connectivity index (χ2n) is 28.9. The van der Waals surface area contributed by atoms with Crippen LogP contribution in [0.3, 0.4) is 0 Å². The summed E-state index contributed by atoms with van der Waals surface area (Å²) in [5.41, 5.74) is 23.7. The Morgan fingerprint density at radius 3 is 1.07 bits per heavy atom. The minimum Gasteiger partial charge on any atom is -0.512 e. The molecule has 9 heterocycles. The van der Waals surface area contributed by atoms with Crippen molar-refractivity contribution in [3.8, 4) is 90.0 Å². The van der Waals surface area contributed by atoms with Crippen molar-refractivity contribution in [2.45, 2.75) is 62.3 Å². The summed E-state index contributed by atoms with van der Waals surface area (Å²) < 4.78 is 37.3. The standard InChI is InChI=1S/C33H22NO2.C31H18NO2.C26H16NO2.3C5H8O2.3Ir/c1-20-7-5-8-21(2)32(20)23-15-13-22(14-16-23)30-18-24-17-28(34-19-31(24)35-30)27-11-6-10-26-25-9-3-4-12-29(25)36-33(26)27;1-3-10-20(11-4-1)29-25-18-26(32-19-28(25)34-30(29)21-12-5-2-6-13-21)24-16-9-15-23-22-14-7-8-17-27(22)33-31(23)24;1-16-21-14-22(27-15-24(21)29-25(16)17-8-3-2-4-9-17)20-12-7-11-19-18-10-5-6-13-23(18)28-26(19)20;3*1-4(6)3-5(2)7;;;/h3-10,12-19H,1-2H3;1-15,17-19H;2-11,13-15H,1H3;3*3,6H,1-2H3;;;/q3*-1;;;;;;. The van der Waals surface area contributed by atoms with E-state index in [0.717, 1.165) is 183 Å². The minimum atomic E-state index is -0.125. The predicted octanol–water partition coefficient (Wildman–Crippen LogP) is 27.9. The molecule has 15 nitrogen and oxygen atoms in total. The molecule has 0 unspecified atom stereocenters. The molecule has 0 aliphatic rings. The summed E-state index contributed by atoms with van der Waals surface area (Å²) in [7, 11) is 0. The molecule has 617 valence electrons. The van der Waals surface area contributed by atoms with Crippen LogP contribution in [0.5, 0.6) is 0 Å². The number of ketones is 3. The molecule has 123 heavy (non-hydrogen) atoms. The normalized spacial score (nSPS) is 11.3. The summed E-state index contributed by atoms with van der Waals surface area (Å²) in [6, 6.07) is 100. The van der Waals surface area contributed by atoms with E-state index >= 15 is 0 Å². The summed E-state index contributed by atoms with van der Waals surface area (Å²) in [5, 5.41) is 34.6. The zero-order valence-electron chi connectivity index (χ0n) is 68.2. The first-order chi connectivity index (χ1) is 58.2. The number of aromatic nitrogens is 3. The number of aliphatic hydroxyl groups is 3. The van der Waals surface area contributed by atoms with Crippen LogP contribution in [0.25, 0.3) is 189 Å². The van der Waals surface area contributed by atoms with Crippen LogP contribution in [0.2, 0.25) is 0 Å². The third-order valence-electron chi connectivity index (χ3n) is 19.9. The number of pyridine rings is 3. The first-order valence-corrected chi connectivity index (χ1v) is 38.8. The number of hydrogen-bond donors (Lipinski definition) is 3. The summed E-state index contributed by atoms with van der Waals surface area (Å²) >= 11 is 0. The van der Waals surface area contributed by atoms with Gasteiger partial charge in [0.15, 0.2) is 34.1 Å². The van der Waals surface area contributed by atoms with E-state index in [1.807, 2.05) is 152 Å². The second kappa shape index (κ2) is 39.8. The smallest absolute Gasteiger partial charge is 0.155 e. The van der Waals surface area contributed by atoms with Crippen molar-refractivity contribution >= 4 is 116 Å². The molecule has 0 aliphatic heterocycles. The van der Waals surface area contributed by atoms with Crippen LogP contribution < -0.4 is 0 Å². The van der Waals surface area contributed by atoms with Crippen molar-refractivity contribution in [3.63, 3.8) is 0 Å². The van der Waals surface area contributed by atoms with Gasteiger partial charge in [-0.2, -0.15) is 0 Å². The molecule has 20 aromatic rings. The van der Waals surface area contributed by atoms with Gasteiger partial charge in [0.1, 0.15) is 34.0 Å². The van der Waals surface area contributed by atoms with Crippen LogP contribution in [0.4, 0.5) is 0 Å². The number of fused-ring (bicyclic) bond motifs is 12. The molecule has 20 rings (SSSR count). The maximum Gasteiger partial charge on any atom is 0.155 e. The number of benzene rings is 11. The Morgan fingerprint density at radius 1 is 0.309 bits per heavy atom. The van der Waals surface area contributed by atoms with Gasteiger partial charge >= 0.3 is 0 Å². The maximum absolute atomic E-state index is 10.0. The third-order valence-corrected chi connectivity index (χ3v) is 19.9. The third kappa shape index (κ3) is 19.9. The molecule has 0 saturated carbocycles. The van der Waals surface area contributed by atoms with E-state index < -0.39 is 0 Å². The Balaban J connectivity index is 0.000000149. The number of aliphatic hydroxyl groups excluding tert-OH is 3. The Morgan fingerprint density at radius 2 is 0.659 bits per heavy atom. The topological polar surface area (TPSA) is 229 Å². The van der Waals surface area contributed by atoms with Gasteiger partial charge in [-0.15, -0.1) is 54.6 Å². The fourth-order valence-electron chi connectivity index (χ4n) is 14.8. The Bertz CT molecular complexity index is 7220. The SMILES string of the molecule is CC(=O)C=C(C)O.CC(=O)C=C(C)O.CC(=O)C=C(C)O.Cc1c(-c2ccccc2)oc2cnc(-c3[c-]ccc4c3oc3ccccc34)cc12.Cc1cccc(C)c1-c1ccc(-c2cc3cc(-c4[c-]ccc5c4oc4ccccc45)ncc3o2)cc1.[Ir].[Ir].[Ir].[c-]1ccc2c(oc3ccccc32)c1-c1cc2c(-c3ccccc3)c(-c3ccccc3)oc2cn1.